The lowest BCUT2D eigenvalue weighted by molar-refractivity contribution is -0.138. The van der Waals surface area contributed by atoms with Gasteiger partial charge in [-0.05, 0) is 24.7 Å². The smallest absolute Gasteiger partial charge is 0.320 e. The van der Waals surface area contributed by atoms with Crippen LogP contribution < -0.4 is 5.73 Å². The fraction of sp³-hybridized carbons (Fsp3) is 0.417. The summed E-state index contributed by atoms with van der Waals surface area (Å²) in [6, 6.07) is 7.63. The standard InChI is InChI=1S/C12H17NO2S/c1-9-2-4-10(5-3-9)8-16-7-6-11(13)12(14)15/h2-5,11H,6-8,13H2,1H3,(H,14,15)/t11-/m0/s1. The molecule has 3 nitrogen and oxygen atoms in total. The van der Waals surface area contributed by atoms with Crippen LogP contribution in [0.5, 0.6) is 0 Å². The number of hydrogen-bond acceptors (Lipinski definition) is 3. The second kappa shape index (κ2) is 6.55. The summed E-state index contributed by atoms with van der Waals surface area (Å²) in [4.78, 5) is 10.5. The summed E-state index contributed by atoms with van der Waals surface area (Å²) < 4.78 is 0. The molecule has 16 heavy (non-hydrogen) atoms. The first-order chi connectivity index (χ1) is 7.59. The predicted molar refractivity (Wildman–Crippen MR) is 67.6 cm³/mol. The highest BCUT2D eigenvalue weighted by atomic mass is 32.2. The van der Waals surface area contributed by atoms with Gasteiger partial charge in [0.15, 0.2) is 0 Å². The van der Waals surface area contributed by atoms with Crippen LogP contribution in [0.2, 0.25) is 0 Å². The lowest BCUT2D eigenvalue weighted by Gasteiger charge is -2.06. The van der Waals surface area contributed by atoms with Gasteiger partial charge in [-0.15, -0.1) is 0 Å². The zero-order valence-corrected chi connectivity index (χ0v) is 10.2. The third-order valence-electron chi connectivity index (χ3n) is 2.28. The van der Waals surface area contributed by atoms with Crippen LogP contribution in [0, 0.1) is 6.92 Å². The molecule has 0 saturated carbocycles. The van der Waals surface area contributed by atoms with Crippen molar-refractivity contribution in [3.05, 3.63) is 35.4 Å². The molecule has 0 amide bonds. The van der Waals surface area contributed by atoms with E-state index in [0.29, 0.717) is 6.42 Å². The Morgan fingerprint density at radius 1 is 1.44 bits per heavy atom. The number of carboxylic acids is 1. The topological polar surface area (TPSA) is 63.3 Å². The summed E-state index contributed by atoms with van der Waals surface area (Å²) in [7, 11) is 0. The first kappa shape index (κ1) is 13.1. The molecule has 0 aromatic heterocycles. The Balaban J connectivity index is 2.21. The SMILES string of the molecule is Cc1ccc(CSCC[C@H](N)C(=O)O)cc1. The van der Waals surface area contributed by atoms with E-state index in [9.17, 15) is 4.79 Å². The molecule has 0 bridgehead atoms. The Kier molecular flexibility index (Phi) is 5.35. The Morgan fingerprint density at radius 3 is 2.62 bits per heavy atom. The van der Waals surface area contributed by atoms with E-state index in [2.05, 4.69) is 31.2 Å². The molecule has 0 fully saturated rings. The summed E-state index contributed by atoms with van der Waals surface area (Å²) in [6.45, 7) is 2.06. The Labute approximate surface area is 100 Å². The third-order valence-corrected chi connectivity index (χ3v) is 3.34. The normalized spacial score (nSPS) is 12.4. The highest BCUT2D eigenvalue weighted by molar-refractivity contribution is 7.98. The molecule has 0 heterocycles. The maximum absolute atomic E-state index is 10.5. The first-order valence-corrected chi connectivity index (χ1v) is 6.36. The molecule has 0 radical (unpaired) electrons. The number of rotatable bonds is 6. The third kappa shape index (κ3) is 4.68. The van der Waals surface area contributed by atoms with Gasteiger partial charge in [-0.2, -0.15) is 11.8 Å². The highest BCUT2D eigenvalue weighted by Gasteiger charge is 2.10. The fourth-order valence-corrected chi connectivity index (χ4v) is 2.20. The van der Waals surface area contributed by atoms with Gasteiger partial charge in [0, 0.05) is 5.75 Å². The highest BCUT2D eigenvalue weighted by Crippen LogP contribution is 2.14. The van der Waals surface area contributed by atoms with Gasteiger partial charge in [-0.3, -0.25) is 4.79 Å². The van der Waals surface area contributed by atoms with Gasteiger partial charge in [0.2, 0.25) is 0 Å². The van der Waals surface area contributed by atoms with Crippen LogP contribution in [0.3, 0.4) is 0 Å². The fourth-order valence-electron chi connectivity index (χ4n) is 1.21. The van der Waals surface area contributed by atoms with Crippen molar-refractivity contribution in [3.8, 4) is 0 Å². The summed E-state index contributed by atoms with van der Waals surface area (Å²) >= 11 is 1.71. The minimum absolute atomic E-state index is 0.520. The molecule has 1 atom stereocenters. The molecule has 1 aromatic carbocycles. The molecule has 0 spiro atoms. The van der Waals surface area contributed by atoms with Crippen LogP contribution in [-0.4, -0.2) is 22.9 Å². The predicted octanol–water partition coefficient (Wildman–Crippen LogP) is 2.03. The number of hydrogen-bond donors (Lipinski definition) is 2. The van der Waals surface area contributed by atoms with Crippen molar-refractivity contribution >= 4 is 17.7 Å². The van der Waals surface area contributed by atoms with Crippen molar-refractivity contribution in [2.24, 2.45) is 5.73 Å². The Bertz CT molecular complexity index is 337. The average molecular weight is 239 g/mol. The molecule has 88 valence electrons. The molecule has 0 saturated heterocycles. The molecular formula is C12H17NO2S. The summed E-state index contributed by atoms with van der Waals surface area (Å²) in [6.07, 6.45) is 0.520. The second-order valence-corrected chi connectivity index (χ2v) is 4.88. The zero-order chi connectivity index (χ0) is 12.0. The number of aliphatic carboxylic acids is 1. The Hall–Kier alpha value is -1.00. The van der Waals surface area contributed by atoms with Crippen LogP contribution in [0.1, 0.15) is 17.5 Å². The molecular weight excluding hydrogens is 222 g/mol. The van der Waals surface area contributed by atoms with E-state index in [1.165, 1.54) is 11.1 Å². The maximum atomic E-state index is 10.5. The van der Waals surface area contributed by atoms with Crippen molar-refractivity contribution < 1.29 is 9.90 Å². The molecule has 4 heteroatoms. The summed E-state index contributed by atoms with van der Waals surface area (Å²) in [5.74, 6) is 0.768. The Morgan fingerprint density at radius 2 is 2.06 bits per heavy atom. The second-order valence-electron chi connectivity index (χ2n) is 3.77. The minimum Gasteiger partial charge on any atom is -0.480 e. The lowest BCUT2D eigenvalue weighted by atomic mass is 10.2. The maximum Gasteiger partial charge on any atom is 0.320 e. The van der Waals surface area contributed by atoms with Crippen LogP contribution in [0.15, 0.2) is 24.3 Å². The van der Waals surface area contributed by atoms with Gasteiger partial charge in [-0.1, -0.05) is 29.8 Å². The number of benzene rings is 1. The van der Waals surface area contributed by atoms with E-state index in [1.54, 1.807) is 11.8 Å². The number of thioether (sulfide) groups is 1. The van der Waals surface area contributed by atoms with E-state index < -0.39 is 12.0 Å². The quantitative estimate of drug-likeness (QED) is 0.746. The van der Waals surface area contributed by atoms with Gasteiger partial charge in [0.1, 0.15) is 6.04 Å². The monoisotopic (exact) mass is 239 g/mol. The molecule has 3 N–H and O–H groups in total. The molecule has 0 aliphatic carbocycles. The molecule has 0 aliphatic heterocycles. The van der Waals surface area contributed by atoms with Crippen LogP contribution in [0.25, 0.3) is 0 Å². The van der Waals surface area contributed by atoms with Crippen molar-refractivity contribution in [1.29, 1.82) is 0 Å². The molecule has 1 rings (SSSR count). The van der Waals surface area contributed by atoms with Crippen molar-refractivity contribution in [1.82, 2.24) is 0 Å². The van der Waals surface area contributed by atoms with Crippen LogP contribution in [0.4, 0.5) is 0 Å². The molecule has 1 aromatic rings. The average Bonchev–Trinajstić information content (AvgIpc) is 2.26. The van der Waals surface area contributed by atoms with Gasteiger partial charge >= 0.3 is 5.97 Å². The number of carboxylic acid groups (broad SMARTS) is 1. The van der Waals surface area contributed by atoms with E-state index >= 15 is 0 Å². The van der Waals surface area contributed by atoms with Crippen molar-refractivity contribution in [2.45, 2.75) is 25.1 Å². The van der Waals surface area contributed by atoms with Gasteiger partial charge in [-0.25, -0.2) is 0 Å². The number of nitrogens with two attached hydrogens (primary N) is 1. The van der Waals surface area contributed by atoms with Crippen molar-refractivity contribution in [3.63, 3.8) is 0 Å². The van der Waals surface area contributed by atoms with E-state index in [-0.39, 0.29) is 0 Å². The van der Waals surface area contributed by atoms with Crippen LogP contribution >= 0.6 is 11.8 Å². The largest absolute Gasteiger partial charge is 0.480 e. The summed E-state index contributed by atoms with van der Waals surface area (Å²) in [5.41, 5.74) is 7.92. The molecule has 0 unspecified atom stereocenters. The van der Waals surface area contributed by atoms with Gasteiger partial charge in [0.25, 0.3) is 0 Å². The lowest BCUT2D eigenvalue weighted by Crippen LogP contribution is -2.30. The van der Waals surface area contributed by atoms with Gasteiger partial charge < -0.3 is 10.8 Å². The van der Waals surface area contributed by atoms with E-state index in [1.807, 2.05) is 0 Å². The number of aryl methyl sites for hydroxylation is 1. The minimum atomic E-state index is -0.920. The molecule has 0 aliphatic rings. The van der Waals surface area contributed by atoms with Crippen LogP contribution in [-0.2, 0) is 10.5 Å². The van der Waals surface area contributed by atoms with E-state index in [0.717, 1.165) is 11.5 Å². The zero-order valence-electron chi connectivity index (χ0n) is 9.35. The van der Waals surface area contributed by atoms with E-state index in [4.69, 9.17) is 10.8 Å². The van der Waals surface area contributed by atoms with Gasteiger partial charge in [0.05, 0.1) is 0 Å². The number of carbonyl (C=O) groups is 1. The van der Waals surface area contributed by atoms with Crippen molar-refractivity contribution in [2.75, 3.05) is 5.75 Å². The first-order valence-electron chi connectivity index (χ1n) is 5.21. The summed E-state index contributed by atoms with van der Waals surface area (Å²) in [5, 5.41) is 8.59.